The van der Waals surface area contributed by atoms with Crippen LogP contribution in [0.25, 0.3) is 0 Å². The number of anilines is 1. The molecule has 0 aliphatic carbocycles. The number of nitrogens with two attached hydrogens (primary N) is 1. The normalized spacial score (nSPS) is 9.61. The van der Waals surface area contributed by atoms with Crippen molar-refractivity contribution in [2.45, 2.75) is 13.3 Å². The molecule has 0 fully saturated rings. The number of aromatic hydroxyl groups is 1. The average molecular weight is 237 g/mol. The zero-order chi connectivity index (χ0) is 13.0. The Morgan fingerprint density at radius 1 is 1.00 bits per heavy atom. The van der Waals surface area contributed by atoms with Gasteiger partial charge in [-0.1, -0.05) is 30.9 Å². The lowest BCUT2D eigenvalue weighted by Crippen LogP contribution is -1.86. The van der Waals surface area contributed by atoms with Crippen LogP contribution in [-0.2, 0) is 6.42 Å². The Morgan fingerprint density at radius 2 is 1.61 bits per heavy atom. The van der Waals surface area contributed by atoms with Crippen molar-refractivity contribution in [3.05, 3.63) is 59.2 Å². The number of rotatable bonds is 1. The molecule has 0 aliphatic rings. The van der Waals surface area contributed by atoms with Crippen LogP contribution in [0.3, 0.4) is 0 Å². The van der Waals surface area contributed by atoms with Crippen molar-refractivity contribution in [2.75, 3.05) is 5.73 Å². The Hall–Kier alpha value is -2.40. The predicted molar refractivity (Wildman–Crippen MR) is 74.3 cm³/mol. The molecule has 0 radical (unpaired) electrons. The van der Waals surface area contributed by atoms with Crippen LogP contribution in [0.4, 0.5) is 5.69 Å². The second kappa shape index (κ2) is 5.29. The molecule has 2 aromatic carbocycles. The van der Waals surface area contributed by atoms with E-state index in [2.05, 4.69) is 30.9 Å². The topological polar surface area (TPSA) is 46.2 Å². The first-order chi connectivity index (χ1) is 8.69. The number of phenols is 1. The largest absolute Gasteiger partial charge is 0.506 e. The summed E-state index contributed by atoms with van der Waals surface area (Å²) in [4.78, 5) is 0. The highest BCUT2D eigenvalue weighted by molar-refractivity contribution is 5.57. The Kier molecular flexibility index (Phi) is 3.54. The molecule has 2 heteroatoms. The third-order valence-electron chi connectivity index (χ3n) is 2.74. The third kappa shape index (κ3) is 2.83. The van der Waals surface area contributed by atoms with E-state index in [1.807, 2.05) is 12.1 Å². The van der Waals surface area contributed by atoms with Gasteiger partial charge in [-0.2, -0.15) is 0 Å². The van der Waals surface area contributed by atoms with Gasteiger partial charge in [0.1, 0.15) is 5.75 Å². The van der Waals surface area contributed by atoms with E-state index in [-0.39, 0.29) is 5.75 Å². The summed E-state index contributed by atoms with van der Waals surface area (Å²) < 4.78 is 0. The lowest BCUT2D eigenvalue weighted by molar-refractivity contribution is 0.478. The number of benzene rings is 2. The molecule has 3 N–H and O–H groups in total. The molecule has 0 unspecified atom stereocenters. The molecule has 0 saturated carbocycles. The van der Waals surface area contributed by atoms with Gasteiger partial charge in [-0.3, -0.25) is 0 Å². The van der Waals surface area contributed by atoms with Gasteiger partial charge >= 0.3 is 0 Å². The molecule has 0 heterocycles. The summed E-state index contributed by atoms with van der Waals surface area (Å²) in [7, 11) is 0. The minimum Gasteiger partial charge on any atom is -0.506 e. The molecular formula is C16H15NO. The summed E-state index contributed by atoms with van der Waals surface area (Å²) in [5.74, 6) is 6.19. The Labute approximate surface area is 107 Å². The maximum Gasteiger partial charge on any atom is 0.138 e. The minimum atomic E-state index is 0.0906. The van der Waals surface area contributed by atoms with Crippen LogP contribution in [0.1, 0.15) is 23.6 Å². The van der Waals surface area contributed by atoms with E-state index in [0.717, 1.165) is 17.5 Å². The Bertz CT molecular complexity index is 603. The Morgan fingerprint density at radius 3 is 2.22 bits per heavy atom. The molecular weight excluding hydrogens is 222 g/mol. The van der Waals surface area contributed by atoms with Crippen LogP contribution < -0.4 is 5.73 Å². The zero-order valence-corrected chi connectivity index (χ0v) is 10.3. The predicted octanol–water partition coefficient (Wildman–Crippen LogP) is 2.94. The van der Waals surface area contributed by atoms with E-state index in [9.17, 15) is 5.11 Å². The van der Waals surface area contributed by atoms with Gasteiger partial charge in [0.25, 0.3) is 0 Å². The van der Waals surface area contributed by atoms with Crippen LogP contribution >= 0.6 is 0 Å². The fourth-order valence-corrected chi connectivity index (χ4v) is 1.60. The van der Waals surface area contributed by atoms with E-state index in [1.165, 1.54) is 5.56 Å². The van der Waals surface area contributed by atoms with Gasteiger partial charge in [0.05, 0.1) is 5.69 Å². The summed E-state index contributed by atoms with van der Waals surface area (Å²) >= 11 is 0. The highest BCUT2D eigenvalue weighted by Crippen LogP contribution is 2.19. The Balaban J connectivity index is 2.22. The molecule has 0 aliphatic heterocycles. The fourth-order valence-electron chi connectivity index (χ4n) is 1.60. The van der Waals surface area contributed by atoms with Gasteiger partial charge in [0, 0.05) is 11.1 Å². The van der Waals surface area contributed by atoms with E-state index in [1.54, 1.807) is 18.2 Å². The van der Waals surface area contributed by atoms with Crippen LogP contribution in [0.15, 0.2) is 42.5 Å². The SMILES string of the molecule is CCc1ccc(C#Cc2ccc(O)c(N)c2)cc1. The van der Waals surface area contributed by atoms with E-state index in [4.69, 9.17) is 5.73 Å². The molecule has 18 heavy (non-hydrogen) atoms. The first-order valence-corrected chi connectivity index (χ1v) is 5.88. The summed E-state index contributed by atoms with van der Waals surface area (Å²) in [5.41, 5.74) is 9.03. The molecule has 0 saturated heterocycles. The van der Waals surface area contributed by atoms with Gasteiger partial charge in [-0.25, -0.2) is 0 Å². The van der Waals surface area contributed by atoms with Crippen LogP contribution in [-0.4, -0.2) is 5.11 Å². The maximum atomic E-state index is 9.31. The fraction of sp³-hybridized carbons (Fsp3) is 0.125. The van der Waals surface area contributed by atoms with Crippen molar-refractivity contribution in [2.24, 2.45) is 0 Å². The molecule has 2 aromatic rings. The van der Waals surface area contributed by atoms with Crippen molar-refractivity contribution in [1.82, 2.24) is 0 Å². The highest BCUT2D eigenvalue weighted by atomic mass is 16.3. The second-order valence-corrected chi connectivity index (χ2v) is 4.07. The standard InChI is InChI=1S/C16H15NO/c1-2-12-3-5-13(6-4-12)7-8-14-9-10-16(18)15(17)11-14/h3-6,9-11,18H,2,17H2,1H3. The molecule has 0 amide bonds. The molecule has 90 valence electrons. The van der Waals surface area contributed by atoms with Crippen molar-refractivity contribution in [3.63, 3.8) is 0 Å². The summed E-state index contributed by atoms with van der Waals surface area (Å²) in [6.07, 6.45) is 1.03. The van der Waals surface area contributed by atoms with Crippen LogP contribution in [0.2, 0.25) is 0 Å². The van der Waals surface area contributed by atoms with E-state index in [0.29, 0.717) is 5.69 Å². The average Bonchev–Trinajstić information content (AvgIpc) is 2.41. The van der Waals surface area contributed by atoms with Gasteiger partial charge in [0.2, 0.25) is 0 Å². The van der Waals surface area contributed by atoms with Gasteiger partial charge in [-0.05, 0) is 42.3 Å². The van der Waals surface area contributed by atoms with Crippen molar-refractivity contribution in [3.8, 4) is 17.6 Å². The summed E-state index contributed by atoms with van der Waals surface area (Å²) in [6, 6.07) is 13.1. The number of hydrogen-bond acceptors (Lipinski definition) is 2. The van der Waals surface area contributed by atoms with Gasteiger partial charge in [0.15, 0.2) is 0 Å². The lowest BCUT2D eigenvalue weighted by atomic mass is 10.1. The summed E-state index contributed by atoms with van der Waals surface area (Å²) in [6.45, 7) is 2.12. The first kappa shape index (κ1) is 12.1. The number of phenolic OH excluding ortho intramolecular Hbond substituents is 1. The van der Waals surface area contributed by atoms with Crippen LogP contribution in [0.5, 0.6) is 5.75 Å². The molecule has 0 spiro atoms. The molecule has 2 rings (SSSR count). The van der Waals surface area contributed by atoms with Crippen molar-refractivity contribution < 1.29 is 5.11 Å². The highest BCUT2D eigenvalue weighted by Gasteiger charge is 1.96. The van der Waals surface area contributed by atoms with Gasteiger partial charge in [-0.15, -0.1) is 0 Å². The second-order valence-electron chi connectivity index (χ2n) is 4.07. The van der Waals surface area contributed by atoms with E-state index < -0.39 is 0 Å². The number of hydrogen-bond donors (Lipinski definition) is 2. The minimum absolute atomic E-state index is 0.0906. The number of aryl methyl sites for hydroxylation is 1. The quantitative estimate of drug-likeness (QED) is 0.455. The molecule has 2 nitrogen and oxygen atoms in total. The van der Waals surface area contributed by atoms with Gasteiger partial charge < -0.3 is 10.8 Å². The maximum absolute atomic E-state index is 9.31. The van der Waals surface area contributed by atoms with E-state index >= 15 is 0 Å². The smallest absolute Gasteiger partial charge is 0.138 e. The first-order valence-electron chi connectivity index (χ1n) is 5.88. The lowest BCUT2D eigenvalue weighted by Gasteiger charge is -1.98. The molecule has 0 aromatic heterocycles. The molecule has 0 atom stereocenters. The van der Waals surface area contributed by atoms with Crippen molar-refractivity contribution in [1.29, 1.82) is 0 Å². The summed E-state index contributed by atoms with van der Waals surface area (Å²) in [5, 5.41) is 9.31. The monoisotopic (exact) mass is 237 g/mol. The molecule has 0 bridgehead atoms. The van der Waals surface area contributed by atoms with Crippen LogP contribution in [0, 0.1) is 11.8 Å². The number of nitrogen functional groups attached to an aromatic ring is 1. The third-order valence-corrected chi connectivity index (χ3v) is 2.74. The van der Waals surface area contributed by atoms with Crippen molar-refractivity contribution >= 4 is 5.69 Å². The zero-order valence-electron chi connectivity index (χ0n) is 10.3.